The van der Waals surface area contributed by atoms with E-state index in [4.69, 9.17) is 0 Å². The minimum atomic E-state index is -3.12. The van der Waals surface area contributed by atoms with Gasteiger partial charge in [-0.3, -0.25) is 9.79 Å². The number of rotatable bonds is 3. The first-order valence-electron chi connectivity index (χ1n) is 8.29. The van der Waals surface area contributed by atoms with Gasteiger partial charge in [0.05, 0.1) is 17.0 Å². The summed E-state index contributed by atoms with van der Waals surface area (Å²) in [6.07, 6.45) is 0. The second-order valence-electron chi connectivity index (χ2n) is 6.91. The fourth-order valence-electron chi connectivity index (χ4n) is 2.74. The van der Waals surface area contributed by atoms with Crippen LogP contribution in [0.5, 0.6) is 0 Å². The van der Waals surface area contributed by atoms with E-state index in [1.54, 1.807) is 20.9 Å². The highest BCUT2D eigenvalue weighted by Crippen LogP contribution is 2.24. The molecule has 1 aromatic rings. The minimum Gasteiger partial charge on any atom is -0.347 e. The molecule has 2 rings (SSSR count). The van der Waals surface area contributed by atoms with Crippen molar-refractivity contribution >= 4 is 67.3 Å². The van der Waals surface area contributed by atoms with Gasteiger partial charge in [-0.05, 0) is 38.5 Å². The Morgan fingerprint density at radius 3 is 2.63 bits per heavy atom. The van der Waals surface area contributed by atoms with Crippen LogP contribution in [0.4, 0.5) is 5.69 Å². The first-order chi connectivity index (χ1) is 12.1. The molecular weight excluding hydrogens is 547 g/mol. The maximum Gasteiger partial charge on any atom is 0.243 e. The summed E-state index contributed by atoms with van der Waals surface area (Å²) in [5.74, 6) is 0.398. The topological polar surface area (TPSA) is 90.9 Å². The number of carbonyl (C=O) groups excluding carboxylic acids is 1. The number of nitrogens with one attached hydrogen (secondary N) is 2. The number of anilines is 1. The van der Waals surface area contributed by atoms with Crippen LogP contribution in [0.2, 0.25) is 0 Å². The number of amides is 1. The summed E-state index contributed by atoms with van der Waals surface area (Å²) in [6, 6.07) is 5.68. The van der Waals surface area contributed by atoms with Crippen molar-refractivity contribution in [2.24, 2.45) is 4.99 Å². The highest BCUT2D eigenvalue weighted by atomic mass is 127. The van der Waals surface area contributed by atoms with E-state index in [0.29, 0.717) is 19.0 Å². The predicted octanol–water partition coefficient (Wildman–Crippen LogP) is 2.40. The second kappa shape index (κ2) is 9.55. The van der Waals surface area contributed by atoms with Gasteiger partial charge in [0.25, 0.3) is 0 Å². The molecule has 0 bridgehead atoms. The molecule has 0 aromatic heterocycles. The first kappa shape index (κ1) is 24.2. The van der Waals surface area contributed by atoms with Gasteiger partial charge >= 0.3 is 0 Å². The molecule has 152 valence electrons. The van der Waals surface area contributed by atoms with Crippen LogP contribution in [-0.2, 0) is 14.6 Å². The van der Waals surface area contributed by atoms with Crippen LogP contribution >= 0.6 is 39.9 Å². The van der Waals surface area contributed by atoms with Crippen LogP contribution in [-0.4, -0.2) is 62.4 Å². The molecule has 1 saturated heterocycles. The van der Waals surface area contributed by atoms with E-state index in [1.165, 1.54) is 0 Å². The van der Waals surface area contributed by atoms with Crippen molar-refractivity contribution in [3.63, 3.8) is 0 Å². The van der Waals surface area contributed by atoms with Crippen molar-refractivity contribution < 1.29 is 13.2 Å². The maximum absolute atomic E-state index is 12.3. The van der Waals surface area contributed by atoms with Gasteiger partial charge in [0, 0.05) is 30.3 Å². The highest BCUT2D eigenvalue weighted by Gasteiger charge is 2.40. The normalized spacial score (nSPS) is 18.4. The van der Waals surface area contributed by atoms with Crippen molar-refractivity contribution in [3.8, 4) is 0 Å². The quantitative estimate of drug-likeness (QED) is 0.330. The van der Waals surface area contributed by atoms with E-state index in [0.717, 1.165) is 15.7 Å². The Morgan fingerprint density at radius 2 is 2.04 bits per heavy atom. The van der Waals surface area contributed by atoms with E-state index in [2.05, 4.69) is 31.6 Å². The van der Waals surface area contributed by atoms with E-state index in [-0.39, 0.29) is 42.2 Å². The van der Waals surface area contributed by atoms with E-state index >= 15 is 0 Å². The molecular formula is C17H26BrIN4O3S. The Morgan fingerprint density at radius 1 is 1.37 bits per heavy atom. The van der Waals surface area contributed by atoms with Crippen LogP contribution in [0.25, 0.3) is 0 Å². The Hall–Kier alpha value is -0.880. The zero-order chi connectivity index (χ0) is 19.5. The molecule has 1 aliphatic heterocycles. The van der Waals surface area contributed by atoms with E-state index < -0.39 is 14.6 Å². The van der Waals surface area contributed by atoms with Crippen LogP contribution in [0.15, 0.2) is 27.7 Å². The minimum absolute atomic E-state index is 0. The molecule has 1 aromatic carbocycles. The third-order valence-corrected chi connectivity index (χ3v) is 7.46. The molecule has 2 N–H and O–H groups in total. The zero-order valence-corrected chi connectivity index (χ0v) is 20.6. The molecule has 10 heteroatoms. The number of guanidine groups is 1. The number of aryl methyl sites for hydroxylation is 1. The molecule has 0 aliphatic carbocycles. The van der Waals surface area contributed by atoms with Crippen molar-refractivity contribution in [1.29, 1.82) is 0 Å². The van der Waals surface area contributed by atoms with Gasteiger partial charge in [0.15, 0.2) is 15.8 Å². The zero-order valence-electron chi connectivity index (χ0n) is 15.9. The third kappa shape index (κ3) is 6.05. The van der Waals surface area contributed by atoms with E-state index in [9.17, 15) is 13.2 Å². The third-order valence-electron chi connectivity index (χ3n) is 4.44. The molecule has 27 heavy (non-hydrogen) atoms. The predicted molar refractivity (Wildman–Crippen MR) is 124 cm³/mol. The number of nitrogens with zero attached hydrogens (tertiary/aromatic N) is 2. The Balaban J connectivity index is 0.00000364. The van der Waals surface area contributed by atoms with Gasteiger partial charge in [0.2, 0.25) is 5.91 Å². The summed E-state index contributed by atoms with van der Waals surface area (Å²) in [5, 5.41) is 5.88. The Kier molecular flexibility index (Phi) is 8.54. The fraction of sp³-hybridized carbons (Fsp3) is 0.529. The smallest absolute Gasteiger partial charge is 0.243 e. The number of halogens is 2. The number of benzene rings is 1. The van der Waals surface area contributed by atoms with Crippen molar-refractivity contribution in [2.75, 3.05) is 37.8 Å². The first-order valence-corrected chi connectivity index (χ1v) is 10.7. The molecule has 0 saturated carbocycles. The van der Waals surface area contributed by atoms with Gasteiger partial charge in [-0.25, -0.2) is 8.42 Å². The van der Waals surface area contributed by atoms with Crippen molar-refractivity contribution in [1.82, 2.24) is 10.2 Å². The fourth-order valence-corrected chi connectivity index (χ4v) is 4.47. The van der Waals surface area contributed by atoms with E-state index in [1.807, 2.05) is 30.0 Å². The van der Waals surface area contributed by atoms with Gasteiger partial charge in [0.1, 0.15) is 0 Å². The standard InChI is InChI=1S/C17H25BrN4O3S.HI/c1-12-5-6-13(18)9-14(12)21-15(23)10-20-16(19-4)22-7-8-26(24,25)17(2,3)11-22;/h5-6,9H,7-8,10-11H2,1-4H3,(H,19,20)(H,21,23);1H. The summed E-state index contributed by atoms with van der Waals surface area (Å²) in [6.45, 7) is 6.08. The summed E-state index contributed by atoms with van der Waals surface area (Å²) in [5.41, 5.74) is 1.71. The van der Waals surface area contributed by atoms with Gasteiger partial charge < -0.3 is 15.5 Å². The molecule has 7 nitrogen and oxygen atoms in total. The lowest BCUT2D eigenvalue weighted by Crippen LogP contribution is -2.57. The lowest BCUT2D eigenvalue weighted by molar-refractivity contribution is -0.115. The van der Waals surface area contributed by atoms with Gasteiger partial charge in [-0.15, -0.1) is 24.0 Å². The number of hydrogen-bond donors (Lipinski definition) is 2. The SMILES string of the molecule is CN=C(NCC(=O)Nc1cc(Br)ccc1C)N1CCS(=O)(=O)C(C)(C)C1.I. The summed E-state index contributed by atoms with van der Waals surface area (Å²) in [7, 11) is -1.50. The summed E-state index contributed by atoms with van der Waals surface area (Å²) >= 11 is 3.39. The Bertz CT molecular complexity index is 827. The monoisotopic (exact) mass is 572 g/mol. The lowest BCUT2D eigenvalue weighted by Gasteiger charge is -2.39. The molecule has 1 fully saturated rings. The molecule has 0 unspecified atom stereocenters. The molecule has 0 atom stereocenters. The lowest BCUT2D eigenvalue weighted by atomic mass is 10.2. The maximum atomic E-state index is 12.3. The largest absolute Gasteiger partial charge is 0.347 e. The number of hydrogen-bond acceptors (Lipinski definition) is 4. The van der Waals surface area contributed by atoms with Crippen LogP contribution in [0, 0.1) is 6.92 Å². The molecule has 1 amide bonds. The average molecular weight is 573 g/mol. The number of aliphatic imine (C=N–C) groups is 1. The average Bonchev–Trinajstić information content (AvgIpc) is 2.55. The van der Waals surface area contributed by atoms with Gasteiger partial charge in [-0.2, -0.15) is 0 Å². The Labute approximate surface area is 186 Å². The molecule has 1 heterocycles. The highest BCUT2D eigenvalue weighted by molar-refractivity contribution is 14.0. The van der Waals surface area contributed by atoms with Crippen LogP contribution in [0.1, 0.15) is 19.4 Å². The number of sulfone groups is 1. The summed E-state index contributed by atoms with van der Waals surface area (Å²) < 4.78 is 24.3. The molecule has 1 aliphatic rings. The molecule has 0 radical (unpaired) electrons. The second-order valence-corrected chi connectivity index (χ2v) is 10.6. The van der Waals surface area contributed by atoms with Gasteiger partial charge in [-0.1, -0.05) is 22.0 Å². The van der Waals surface area contributed by atoms with Crippen molar-refractivity contribution in [2.45, 2.75) is 25.5 Å². The van der Waals surface area contributed by atoms with Crippen molar-refractivity contribution in [3.05, 3.63) is 28.2 Å². The van der Waals surface area contributed by atoms with Crippen LogP contribution < -0.4 is 10.6 Å². The van der Waals surface area contributed by atoms with Crippen LogP contribution in [0.3, 0.4) is 0 Å². The molecule has 0 spiro atoms. The summed E-state index contributed by atoms with van der Waals surface area (Å²) in [4.78, 5) is 18.3. The number of carbonyl (C=O) groups is 1.